The van der Waals surface area contributed by atoms with Crippen LogP contribution in [0.25, 0.3) is 0 Å². The predicted octanol–water partition coefficient (Wildman–Crippen LogP) is 1.49. The molecule has 0 fully saturated rings. The van der Waals surface area contributed by atoms with Crippen molar-refractivity contribution in [1.82, 2.24) is 4.98 Å². The van der Waals surface area contributed by atoms with Crippen molar-refractivity contribution < 1.29 is 19.1 Å². The first kappa shape index (κ1) is 15.6. The van der Waals surface area contributed by atoms with E-state index >= 15 is 0 Å². The Morgan fingerprint density at radius 2 is 1.95 bits per heavy atom. The quantitative estimate of drug-likeness (QED) is 0.854. The zero-order valence-corrected chi connectivity index (χ0v) is 12.5. The zero-order valence-electron chi connectivity index (χ0n) is 12.5. The zero-order chi connectivity index (χ0) is 16.3. The lowest BCUT2D eigenvalue weighted by Gasteiger charge is -2.31. The monoisotopic (exact) mass is 300 g/mol. The molecule has 114 valence electrons. The Bertz CT molecular complexity index is 689. The van der Waals surface area contributed by atoms with Crippen molar-refractivity contribution in [2.75, 3.05) is 14.2 Å². The van der Waals surface area contributed by atoms with Gasteiger partial charge in [-0.25, -0.2) is 4.79 Å². The van der Waals surface area contributed by atoms with Gasteiger partial charge in [0.2, 0.25) is 0 Å². The Labute approximate surface area is 128 Å². The summed E-state index contributed by atoms with van der Waals surface area (Å²) in [4.78, 5) is 28.4. The van der Waals surface area contributed by atoms with E-state index in [4.69, 9.17) is 10.1 Å². The van der Waals surface area contributed by atoms with E-state index in [9.17, 15) is 9.59 Å². The lowest BCUT2D eigenvalue weighted by Crippen LogP contribution is -2.46. The summed E-state index contributed by atoms with van der Waals surface area (Å²) in [7, 11) is 2.46. The highest BCUT2D eigenvalue weighted by atomic mass is 16.5. The van der Waals surface area contributed by atoms with Crippen LogP contribution in [0.15, 0.2) is 42.1 Å². The molecule has 0 aliphatic heterocycles. The molecule has 1 aliphatic carbocycles. The number of methoxy groups -OCH3 is 2. The summed E-state index contributed by atoms with van der Waals surface area (Å²) in [6.45, 7) is 1.82. The molecule has 1 aromatic rings. The molecule has 1 atom stereocenters. The highest BCUT2D eigenvalue weighted by Crippen LogP contribution is 2.34. The number of aromatic nitrogens is 1. The molecule has 0 saturated carbocycles. The van der Waals surface area contributed by atoms with E-state index in [-0.39, 0.29) is 11.3 Å². The van der Waals surface area contributed by atoms with Gasteiger partial charge in [0, 0.05) is 11.9 Å². The number of esters is 2. The molecule has 6 heteroatoms. The van der Waals surface area contributed by atoms with E-state index in [1.54, 1.807) is 18.2 Å². The largest absolute Gasteiger partial charge is 0.468 e. The van der Waals surface area contributed by atoms with Gasteiger partial charge in [-0.15, -0.1) is 0 Å². The molecule has 0 spiro atoms. The Balaban J connectivity index is 2.62. The average Bonchev–Trinajstić information content (AvgIpc) is 2.54. The maximum Gasteiger partial charge on any atom is 0.339 e. The fourth-order valence-electron chi connectivity index (χ4n) is 2.34. The molecular weight excluding hydrogens is 284 g/mol. The number of hydrogen-bond acceptors (Lipinski definition) is 6. The summed E-state index contributed by atoms with van der Waals surface area (Å²) in [5, 5.41) is 8.36. The number of allylic oxidation sites excluding steroid dienone is 2. The fourth-order valence-corrected chi connectivity index (χ4v) is 2.34. The first-order chi connectivity index (χ1) is 10.5. The Kier molecular flexibility index (Phi) is 4.21. The second-order valence-corrected chi connectivity index (χ2v) is 4.79. The Hall–Kier alpha value is -2.76. The topological polar surface area (TPSA) is 89.3 Å². The lowest BCUT2D eigenvalue weighted by atomic mass is 9.71. The number of aryl methyl sites for hydroxylation is 1. The highest BCUT2D eigenvalue weighted by molar-refractivity contribution is 6.30. The minimum absolute atomic E-state index is 0.0102. The number of rotatable bonds is 3. The second-order valence-electron chi connectivity index (χ2n) is 4.79. The minimum atomic E-state index is -1.51. The van der Waals surface area contributed by atoms with Crippen molar-refractivity contribution in [2.45, 2.75) is 12.3 Å². The number of hydrogen-bond donors (Lipinski definition) is 1. The van der Waals surface area contributed by atoms with Crippen LogP contribution in [0.5, 0.6) is 0 Å². The van der Waals surface area contributed by atoms with Crippen molar-refractivity contribution in [1.29, 1.82) is 5.41 Å². The van der Waals surface area contributed by atoms with Crippen molar-refractivity contribution in [3.63, 3.8) is 0 Å². The van der Waals surface area contributed by atoms with Gasteiger partial charge in [-0.3, -0.25) is 9.78 Å². The van der Waals surface area contributed by atoms with E-state index in [2.05, 4.69) is 9.72 Å². The SMILES string of the molecule is COC(=O)C1=CC=CC(C(=O)OC)(c2ccc(C)nc2)C1=N. The van der Waals surface area contributed by atoms with E-state index in [0.29, 0.717) is 5.56 Å². The summed E-state index contributed by atoms with van der Waals surface area (Å²) in [5.41, 5.74) is -0.455. The normalized spacial score (nSPS) is 20.3. The lowest BCUT2D eigenvalue weighted by molar-refractivity contribution is -0.143. The predicted molar refractivity (Wildman–Crippen MR) is 79.6 cm³/mol. The van der Waals surface area contributed by atoms with Gasteiger partial charge in [0.1, 0.15) is 0 Å². The maximum absolute atomic E-state index is 12.4. The molecule has 0 aromatic carbocycles. The fraction of sp³-hybridized carbons (Fsp3) is 0.250. The molecule has 1 unspecified atom stereocenters. The molecular formula is C16H16N2O4. The van der Waals surface area contributed by atoms with Gasteiger partial charge in [0.25, 0.3) is 0 Å². The van der Waals surface area contributed by atoms with E-state index in [0.717, 1.165) is 5.69 Å². The van der Waals surface area contributed by atoms with Crippen molar-refractivity contribution in [3.05, 3.63) is 53.4 Å². The molecule has 6 nitrogen and oxygen atoms in total. The molecule has 0 amide bonds. The van der Waals surface area contributed by atoms with E-state index < -0.39 is 17.4 Å². The van der Waals surface area contributed by atoms with Crippen LogP contribution in [0.4, 0.5) is 0 Å². The summed E-state index contributed by atoms with van der Waals surface area (Å²) in [5.74, 6) is -1.34. The first-order valence-electron chi connectivity index (χ1n) is 6.56. The third kappa shape index (κ3) is 2.32. The number of nitrogens with one attached hydrogen (secondary N) is 1. The summed E-state index contributed by atoms with van der Waals surface area (Å²) < 4.78 is 9.54. The molecule has 1 aliphatic rings. The summed E-state index contributed by atoms with van der Waals surface area (Å²) >= 11 is 0. The van der Waals surface area contributed by atoms with Crippen LogP contribution in [0.1, 0.15) is 11.3 Å². The van der Waals surface area contributed by atoms with Crippen LogP contribution < -0.4 is 0 Å². The minimum Gasteiger partial charge on any atom is -0.468 e. The molecule has 22 heavy (non-hydrogen) atoms. The number of carbonyl (C=O) groups is 2. The molecule has 2 rings (SSSR count). The van der Waals surface area contributed by atoms with Crippen LogP contribution in [-0.2, 0) is 24.5 Å². The third-order valence-corrected chi connectivity index (χ3v) is 3.55. The highest BCUT2D eigenvalue weighted by Gasteiger charge is 2.47. The summed E-state index contributed by atoms with van der Waals surface area (Å²) in [6, 6.07) is 3.43. The standard InChI is InChI=1S/C16H16N2O4/c1-10-6-7-11(9-18-10)16(15(20)22-3)8-4-5-12(13(16)17)14(19)21-2/h4-9,17H,1-3H3. The van der Waals surface area contributed by atoms with Gasteiger partial charge in [-0.2, -0.15) is 0 Å². The first-order valence-corrected chi connectivity index (χ1v) is 6.56. The average molecular weight is 300 g/mol. The smallest absolute Gasteiger partial charge is 0.339 e. The second kappa shape index (κ2) is 5.93. The van der Waals surface area contributed by atoms with Gasteiger partial charge in [-0.1, -0.05) is 18.2 Å². The van der Waals surface area contributed by atoms with Gasteiger partial charge >= 0.3 is 11.9 Å². The molecule has 1 N–H and O–H groups in total. The van der Waals surface area contributed by atoms with Gasteiger partial charge in [0.05, 0.1) is 25.5 Å². The van der Waals surface area contributed by atoms with Crippen LogP contribution in [0, 0.1) is 12.3 Å². The van der Waals surface area contributed by atoms with Gasteiger partial charge < -0.3 is 14.9 Å². The number of carbonyl (C=O) groups excluding carboxylic acids is 2. The number of pyridine rings is 1. The molecule has 1 heterocycles. The number of nitrogens with zero attached hydrogens (tertiary/aromatic N) is 1. The van der Waals surface area contributed by atoms with E-state index in [1.165, 1.54) is 32.6 Å². The molecule has 0 bridgehead atoms. The molecule has 1 aromatic heterocycles. The molecule has 0 saturated heterocycles. The van der Waals surface area contributed by atoms with E-state index in [1.807, 2.05) is 6.92 Å². The van der Waals surface area contributed by atoms with Crippen LogP contribution in [0.3, 0.4) is 0 Å². The van der Waals surface area contributed by atoms with Crippen molar-refractivity contribution >= 4 is 17.7 Å². The number of ether oxygens (including phenoxy) is 2. The van der Waals surface area contributed by atoms with Gasteiger partial charge in [0.15, 0.2) is 5.41 Å². The summed E-state index contributed by atoms with van der Waals surface area (Å²) in [6.07, 6.45) is 6.02. The maximum atomic E-state index is 12.4. The van der Waals surface area contributed by atoms with Crippen LogP contribution in [0.2, 0.25) is 0 Å². The van der Waals surface area contributed by atoms with Crippen molar-refractivity contribution in [2.24, 2.45) is 0 Å². The van der Waals surface area contributed by atoms with Crippen LogP contribution >= 0.6 is 0 Å². The van der Waals surface area contributed by atoms with Gasteiger partial charge in [-0.05, 0) is 24.6 Å². The third-order valence-electron chi connectivity index (χ3n) is 3.55. The van der Waals surface area contributed by atoms with Crippen molar-refractivity contribution in [3.8, 4) is 0 Å². The Morgan fingerprint density at radius 1 is 1.23 bits per heavy atom. The molecule has 0 radical (unpaired) electrons. The van der Waals surface area contributed by atoms with Crippen LogP contribution in [-0.4, -0.2) is 36.9 Å². The Morgan fingerprint density at radius 3 is 2.50 bits per heavy atom.